The highest BCUT2D eigenvalue weighted by molar-refractivity contribution is 7.99. The first-order valence-corrected chi connectivity index (χ1v) is 7.87. The van der Waals surface area contributed by atoms with Crippen LogP contribution < -0.4 is 4.90 Å². The summed E-state index contributed by atoms with van der Waals surface area (Å²) in [6, 6.07) is 8.20. The number of aromatic nitrogens is 1. The molecule has 0 spiro atoms. The van der Waals surface area contributed by atoms with E-state index in [4.69, 9.17) is 4.52 Å². The van der Waals surface area contributed by atoms with E-state index < -0.39 is 0 Å². The number of amides is 1. The predicted molar refractivity (Wildman–Crippen MR) is 79.6 cm³/mol. The highest BCUT2D eigenvalue weighted by Gasteiger charge is 2.31. The minimum atomic E-state index is -0.354. The van der Waals surface area contributed by atoms with Gasteiger partial charge in [0.1, 0.15) is 12.1 Å². The lowest BCUT2D eigenvalue weighted by Gasteiger charge is -2.32. The predicted octanol–water partition coefficient (Wildman–Crippen LogP) is 3.24. The number of hydrogen-bond donors (Lipinski definition) is 0. The number of carbonyl (C=O) groups is 1. The molecule has 3 rings (SSSR count). The van der Waals surface area contributed by atoms with Crippen molar-refractivity contribution in [2.24, 2.45) is 0 Å². The van der Waals surface area contributed by atoms with Gasteiger partial charge in [-0.15, -0.1) is 11.8 Å². The Balaban J connectivity index is 1.70. The Labute approximate surface area is 126 Å². The van der Waals surface area contributed by atoms with Gasteiger partial charge < -0.3 is 9.42 Å². The first-order chi connectivity index (χ1) is 10.3. The van der Waals surface area contributed by atoms with Crippen LogP contribution in [0.2, 0.25) is 0 Å². The summed E-state index contributed by atoms with van der Waals surface area (Å²) in [6.07, 6.45) is 3.20. The molecule has 6 heteroatoms. The van der Waals surface area contributed by atoms with E-state index in [1.165, 1.54) is 24.1 Å². The normalized spacial score (nSPS) is 19.0. The molecule has 1 saturated heterocycles. The fraction of sp³-hybridized carbons (Fsp3) is 0.333. The summed E-state index contributed by atoms with van der Waals surface area (Å²) in [7, 11) is 0. The van der Waals surface area contributed by atoms with Crippen molar-refractivity contribution in [2.75, 3.05) is 11.4 Å². The zero-order valence-corrected chi connectivity index (χ0v) is 12.2. The van der Waals surface area contributed by atoms with Crippen LogP contribution in [0.15, 0.2) is 41.1 Å². The van der Waals surface area contributed by atoms with Gasteiger partial charge in [-0.2, -0.15) is 0 Å². The molecule has 1 atom stereocenters. The Kier molecular flexibility index (Phi) is 4.24. The maximum absolute atomic E-state index is 13.9. The minimum Gasteiger partial charge on any atom is -0.364 e. The monoisotopic (exact) mass is 306 g/mol. The number of piperidine rings is 1. The van der Waals surface area contributed by atoms with Gasteiger partial charge in [0.2, 0.25) is 5.91 Å². The molecule has 1 aromatic heterocycles. The summed E-state index contributed by atoms with van der Waals surface area (Å²) in [5.74, 6) is 0.241. The molecule has 1 amide bonds. The number of halogens is 1. The first-order valence-electron chi connectivity index (χ1n) is 6.82. The van der Waals surface area contributed by atoms with Gasteiger partial charge in [-0.3, -0.25) is 4.79 Å². The average Bonchev–Trinajstić information content (AvgIpc) is 3.00. The van der Waals surface area contributed by atoms with Gasteiger partial charge in [-0.25, -0.2) is 4.39 Å². The van der Waals surface area contributed by atoms with Crippen molar-refractivity contribution in [3.05, 3.63) is 48.1 Å². The van der Waals surface area contributed by atoms with E-state index in [1.54, 1.807) is 29.2 Å². The van der Waals surface area contributed by atoms with Crippen molar-refractivity contribution in [1.29, 1.82) is 0 Å². The standard InChI is InChI=1S/C15H15FN2O2S/c16-12-4-1-2-5-13(12)18-8-3-6-14(15(18)19)21-10-11-7-9-20-17-11/h1-2,4-5,7,9,14H,3,6,8,10H2/t14-/m0/s1. The SMILES string of the molecule is O=C1[C@@H](SCc2ccon2)CCCN1c1ccccc1F. The van der Waals surface area contributed by atoms with E-state index in [1.807, 2.05) is 0 Å². The summed E-state index contributed by atoms with van der Waals surface area (Å²) in [4.78, 5) is 14.1. The Bertz CT molecular complexity index is 618. The van der Waals surface area contributed by atoms with Crippen LogP contribution in [0.3, 0.4) is 0 Å². The molecule has 1 aliphatic rings. The molecule has 2 heterocycles. The van der Waals surface area contributed by atoms with Crippen molar-refractivity contribution >= 4 is 23.4 Å². The first kappa shape index (κ1) is 14.1. The van der Waals surface area contributed by atoms with E-state index in [0.29, 0.717) is 18.0 Å². The maximum atomic E-state index is 13.9. The Morgan fingerprint density at radius 3 is 3.00 bits per heavy atom. The van der Waals surface area contributed by atoms with Crippen molar-refractivity contribution in [1.82, 2.24) is 5.16 Å². The van der Waals surface area contributed by atoms with Crippen LogP contribution in [0.25, 0.3) is 0 Å². The molecule has 0 saturated carbocycles. The van der Waals surface area contributed by atoms with Crippen molar-refractivity contribution < 1.29 is 13.7 Å². The van der Waals surface area contributed by atoms with Crippen LogP contribution >= 0.6 is 11.8 Å². The molecule has 2 aromatic rings. The van der Waals surface area contributed by atoms with E-state index in [2.05, 4.69) is 5.16 Å². The van der Waals surface area contributed by atoms with Crippen molar-refractivity contribution in [2.45, 2.75) is 23.8 Å². The zero-order chi connectivity index (χ0) is 14.7. The van der Waals surface area contributed by atoms with E-state index in [-0.39, 0.29) is 17.0 Å². The van der Waals surface area contributed by atoms with Gasteiger partial charge in [0.15, 0.2) is 0 Å². The molecule has 0 aliphatic carbocycles. The fourth-order valence-electron chi connectivity index (χ4n) is 2.40. The molecule has 1 aromatic carbocycles. The molecule has 110 valence electrons. The number of benzene rings is 1. The van der Waals surface area contributed by atoms with E-state index in [0.717, 1.165) is 18.5 Å². The summed E-state index contributed by atoms with van der Waals surface area (Å²) >= 11 is 1.53. The number of anilines is 1. The number of hydrogen-bond acceptors (Lipinski definition) is 4. The third-order valence-electron chi connectivity index (χ3n) is 3.46. The topological polar surface area (TPSA) is 46.3 Å². The number of nitrogens with zero attached hydrogens (tertiary/aromatic N) is 2. The molecular weight excluding hydrogens is 291 g/mol. The third kappa shape index (κ3) is 3.10. The number of rotatable bonds is 4. The second kappa shape index (κ2) is 6.30. The summed E-state index contributed by atoms with van der Waals surface area (Å²) in [5, 5.41) is 3.68. The van der Waals surface area contributed by atoms with Gasteiger partial charge in [-0.1, -0.05) is 17.3 Å². The lowest BCUT2D eigenvalue weighted by atomic mass is 10.1. The molecule has 4 nitrogen and oxygen atoms in total. The summed E-state index contributed by atoms with van der Waals surface area (Å²) < 4.78 is 18.6. The quantitative estimate of drug-likeness (QED) is 0.870. The van der Waals surface area contributed by atoms with Gasteiger partial charge in [-0.05, 0) is 25.0 Å². The summed E-state index contributed by atoms with van der Waals surface area (Å²) in [5.41, 5.74) is 1.19. The molecular formula is C15H15FN2O2S. The van der Waals surface area contributed by atoms with Crippen LogP contribution in [0.4, 0.5) is 10.1 Å². The van der Waals surface area contributed by atoms with Gasteiger partial charge in [0.25, 0.3) is 0 Å². The molecule has 0 bridgehead atoms. The lowest BCUT2D eigenvalue weighted by molar-refractivity contribution is -0.119. The van der Waals surface area contributed by atoms with Crippen LogP contribution in [-0.4, -0.2) is 22.9 Å². The zero-order valence-electron chi connectivity index (χ0n) is 11.4. The third-order valence-corrected chi connectivity index (χ3v) is 4.76. The molecule has 1 aliphatic heterocycles. The van der Waals surface area contributed by atoms with Crippen LogP contribution in [0.1, 0.15) is 18.5 Å². The Hall–Kier alpha value is -1.82. The van der Waals surface area contributed by atoms with Gasteiger partial charge >= 0.3 is 0 Å². The molecule has 21 heavy (non-hydrogen) atoms. The second-order valence-corrected chi connectivity index (χ2v) is 6.06. The van der Waals surface area contributed by atoms with Crippen LogP contribution in [0.5, 0.6) is 0 Å². The Morgan fingerprint density at radius 1 is 1.38 bits per heavy atom. The highest BCUT2D eigenvalue weighted by Crippen LogP contribution is 2.30. The molecule has 0 radical (unpaired) electrons. The van der Waals surface area contributed by atoms with Crippen LogP contribution in [-0.2, 0) is 10.5 Å². The van der Waals surface area contributed by atoms with E-state index >= 15 is 0 Å². The minimum absolute atomic E-state index is 0.0279. The lowest BCUT2D eigenvalue weighted by Crippen LogP contribution is -2.43. The van der Waals surface area contributed by atoms with Gasteiger partial charge in [0, 0.05) is 18.4 Å². The van der Waals surface area contributed by atoms with E-state index in [9.17, 15) is 9.18 Å². The number of para-hydroxylation sites is 1. The largest absolute Gasteiger partial charge is 0.364 e. The fourth-order valence-corrected chi connectivity index (χ4v) is 3.53. The number of thioether (sulfide) groups is 1. The molecule has 1 fully saturated rings. The number of carbonyl (C=O) groups excluding carboxylic acids is 1. The smallest absolute Gasteiger partial charge is 0.240 e. The van der Waals surface area contributed by atoms with Gasteiger partial charge in [0.05, 0.1) is 16.6 Å². The van der Waals surface area contributed by atoms with Crippen molar-refractivity contribution in [3.8, 4) is 0 Å². The second-order valence-electron chi connectivity index (χ2n) is 4.87. The Morgan fingerprint density at radius 2 is 2.24 bits per heavy atom. The maximum Gasteiger partial charge on any atom is 0.240 e. The molecule has 0 unspecified atom stereocenters. The highest BCUT2D eigenvalue weighted by atomic mass is 32.2. The average molecular weight is 306 g/mol. The van der Waals surface area contributed by atoms with Crippen LogP contribution in [0, 0.1) is 5.82 Å². The summed E-state index contributed by atoms with van der Waals surface area (Å²) in [6.45, 7) is 0.570. The van der Waals surface area contributed by atoms with Crippen molar-refractivity contribution in [3.63, 3.8) is 0 Å². The molecule has 0 N–H and O–H groups in total.